The van der Waals surface area contributed by atoms with Crippen molar-refractivity contribution in [1.29, 1.82) is 0 Å². The van der Waals surface area contributed by atoms with Gasteiger partial charge < -0.3 is 15.2 Å². The number of aryl methyl sites for hydroxylation is 1. The summed E-state index contributed by atoms with van der Waals surface area (Å²) in [6.45, 7) is 2.67. The number of rotatable bonds is 7. The molecule has 0 amide bonds. The van der Waals surface area contributed by atoms with Crippen molar-refractivity contribution >= 4 is 41.3 Å². The molecule has 0 spiro atoms. The van der Waals surface area contributed by atoms with Crippen LogP contribution in [0.15, 0.2) is 34.5 Å². The van der Waals surface area contributed by atoms with Crippen LogP contribution in [0.5, 0.6) is 0 Å². The highest BCUT2D eigenvalue weighted by Gasteiger charge is 1.98. The number of nitrogens with one attached hydrogen (secondary N) is 2. The third-order valence-corrected chi connectivity index (χ3v) is 3.60. The van der Waals surface area contributed by atoms with E-state index >= 15 is 0 Å². The molecule has 0 radical (unpaired) electrons. The van der Waals surface area contributed by atoms with E-state index in [1.165, 1.54) is 5.56 Å². The van der Waals surface area contributed by atoms with E-state index in [1.807, 2.05) is 4.57 Å². The quantitative estimate of drug-likeness (QED) is 0.312. The van der Waals surface area contributed by atoms with Crippen LogP contribution in [-0.2, 0) is 13.1 Å². The number of hydrogen-bond donors (Lipinski definition) is 2. The third kappa shape index (κ3) is 6.89. The van der Waals surface area contributed by atoms with Gasteiger partial charge in [0.2, 0.25) is 0 Å². The van der Waals surface area contributed by atoms with E-state index in [0.29, 0.717) is 0 Å². The first kappa shape index (κ1) is 17.9. The normalized spacial score (nSPS) is 11.0. The van der Waals surface area contributed by atoms with Crippen LogP contribution < -0.4 is 10.6 Å². The molecule has 21 heavy (non-hydrogen) atoms. The molecule has 116 valence electrons. The highest BCUT2D eigenvalue weighted by atomic mass is 127. The summed E-state index contributed by atoms with van der Waals surface area (Å²) in [6.07, 6.45) is 5.66. The maximum Gasteiger partial charge on any atom is 0.191 e. The Morgan fingerprint density at radius 1 is 1.29 bits per heavy atom. The van der Waals surface area contributed by atoms with Crippen LogP contribution in [0.25, 0.3) is 0 Å². The topological polar surface area (TPSA) is 67.1 Å². The molecule has 6 nitrogen and oxygen atoms in total. The van der Waals surface area contributed by atoms with Crippen molar-refractivity contribution < 1.29 is 0 Å². The molecule has 2 heterocycles. The Morgan fingerprint density at radius 2 is 2.10 bits per heavy atom. The van der Waals surface area contributed by atoms with Gasteiger partial charge in [-0.15, -0.1) is 34.2 Å². The average Bonchev–Trinajstić information content (AvgIpc) is 3.14. The number of aliphatic imine (C=N–C) groups is 1. The molecule has 0 aliphatic heterocycles. The van der Waals surface area contributed by atoms with E-state index in [-0.39, 0.29) is 24.0 Å². The number of unbranched alkanes of at least 4 members (excludes halogenated alkanes) is 1. The molecule has 2 rings (SSSR count). The molecule has 0 fully saturated rings. The standard InChI is InChI=1S/C13H20N6S.HI/c1-14-13(16-8-12-4-7-20-9-12)15-5-2-3-6-19-10-17-18-11-19;/h4,7,9-11H,2-3,5-6,8H2,1H3,(H2,14,15,16);1H. The second-order valence-corrected chi connectivity index (χ2v) is 5.17. The molecular weight excluding hydrogens is 399 g/mol. The van der Waals surface area contributed by atoms with Crippen molar-refractivity contribution in [3.63, 3.8) is 0 Å². The fourth-order valence-corrected chi connectivity index (χ4v) is 2.43. The van der Waals surface area contributed by atoms with Crippen LogP contribution >= 0.6 is 35.3 Å². The number of nitrogens with zero attached hydrogens (tertiary/aromatic N) is 4. The Bertz CT molecular complexity index is 497. The van der Waals surface area contributed by atoms with Gasteiger partial charge in [-0.3, -0.25) is 4.99 Å². The molecule has 0 atom stereocenters. The number of guanidine groups is 1. The largest absolute Gasteiger partial charge is 0.356 e. The Labute approximate surface area is 146 Å². The monoisotopic (exact) mass is 420 g/mol. The third-order valence-electron chi connectivity index (χ3n) is 2.87. The minimum absolute atomic E-state index is 0. The lowest BCUT2D eigenvalue weighted by Gasteiger charge is -2.11. The molecule has 0 bridgehead atoms. The Morgan fingerprint density at radius 3 is 2.76 bits per heavy atom. The van der Waals surface area contributed by atoms with Gasteiger partial charge in [0.15, 0.2) is 5.96 Å². The number of hydrogen-bond acceptors (Lipinski definition) is 4. The smallest absolute Gasteiger partial charge is 0.191 e. The highest BCUT2D eigenvalue weighted by Crippen LogP contribution is 2.04. The predicted molar refractivity (Wildman–Crippen MR) is 97.2 cm³/mol. The molecule has 2 N–H and O–H groups in total. The van der Waals surface area contributed by atoms with Gasteiger partial charge in [0.05, 0.1) is 0 Å². The average molecular weight is 420 g/mol. The van der Waals surface area contributed by atoms with Crippen LogP contribution in [-0.4, -0.2) is 34.3 Å². The van der Waals surface area contributed by atoms with Crippen molar-refractivity contribution in [2.45, 2.75) is 25.9 Å². The molecule has 0 saturated carbocycles. The zero-order chi connectivity index (χ0) is 14.0. The SMILES string of the molecule is CN=C(NCCCCn1cnnc1)NCc1ccsc1.I. The number of thiophene rings is 1. The molecule has 0 aliphatic carbocycles. The number of halogens is 1. The van der Waals surface area contributed by atoms with Gasteiger partial charge in [-0.2, -0.15) is 11.3 Å². The minimum atomic E-state index is 0. The first-order valence-corrected chi connectivity index (χ1v) is 7.61. The van der Waals surface area contributed by atoms with Crippen molar-refractivity contribution in [3.05, 3.63) is 35.0 Å². The van der Waals surface area contributed by atoms with Gasteiger partial charge in [0.25, 0.3) is 0 Å². The molecule has 0 saturated heterocycles. The lowest BCUT2D eigenvalue weighted by Crippen LogP contribution is -2.37. The fourth-order valence-electron chi connectivity index (χ4n) is 1.76. The van der Waals surface area contributed by atoms with Crippen molar-refractivity contribution in [3.8, 4) is 0 Å². The van der Waals surface area contributed by atoms with Crippen LogP contribution in [0.4, 0.5) is 0 Å². The summed E-state index contributed by atoms with van der Waals surface area (Å²) in [4.78, 5) is 4.21. The van der Waals surface area contributed by atoms with Crippen molar-refractivity contribution in [1.82, 2.24) is 25.4 Å². The lowest BCUT2D eigenvalue weighted by molar-refractivity contribution is 0.597. The zero-order valence-electron chi connectivity index (χ0n) is 12.0. The second-order valence-electron chi connectivity index (χ2n) is 4.39. The second kappa shape index (κ2) is 10.6. The molecule has 0 unspecified atom stereocenters. The van der Waals surface area contributed by atoms with Crippen LogP contribution in [0.3, 0.4) is 0 Å². The van der Waals surface area contributed by atoms with Gasteiger partial charge in [-0.25, -0.2) is 0 Å². The molecular formula is C13H21IN6S. The van der Waals surface area contributed by atoms with E-state index in [1.54, 1.807) is 31.0 Å². The molecule has 2 aromatic heterocycles. The maximum atomic E-state index is 4.21. The van der Waals surface area contributed by atoms with Crippen molar-refractivity contribution in [2.75, 3.05) is 13.6 Å². The first-order valence-electron chi connectivity index (χ1n) is 6.66. The van der Waals surface area contributed by atoms with Crippen molar-refractivity contribution in [2.24, 2.45) is 4.99 Å². The summed E-state index contributed by atoms with van der Waals surface area (Å²) in [5.41, 5.74) is 1.28. The van der Waals surface area contributed by atoms with E-state index in [0.717, 1.165) is 38.4 Å². The molecule has 0 aromatic carbocycles. The van der Waals surface area contributed by atoms with E-state index in [2.05, 4.69) is 42.6 Å². The van der Waals surface area contributed by atoms with E-state index in [4.69, 9.17) is 0 Å². The zero-order valence-corrected chi connectivity index (χ0v) is 15.2. The Balaban J connectivity index is 0.00000220. The van der Waals surface area contributed by atoms with Crippen LogP contribution in [0.1, 0.15) is 18.4 Å². The van der Waals surface area contributed by atoms with Gasteiger partial charge in [0, 0.05) is 26.7 Å². The highest BCUT2D eigenvalue weighted by molar-refractivity contribution is 14.0. The molecule has 8 heteroatoms. The summed E-state index contributed by atoms with van der Waals surface area (Å²) < 4.78 is 1.99. The van der Waals surface area contributed by atoms with Gasteiger partial charge in [-0.1, -0.05) is 0 Å². The van der Waals surface area contributed by atoms with E-state index in [9.17, 15) is 0 Å². The van der Waals surface area contributed by atoms with Gasteiger partial charge >= 0.3 is 0 Å². The summed E-state index contributed by atoms with van der Waals surface area (Å²) in [5.74, 6) is 0.848. The maximum absolute atomic E-state index is 4.21. The van der Waals surface area contributed by atoms with Crippen LogP contribution in [0, 0.1) is 0 Å². The number of aromatic nitrogens is 3. The molecule has 2 aromatic rings. The summed E-state index contributed by atoms with van der Waals surface area (Å²) >= 11 is 1.71. The molecule has 0 aliphatic rings. The predicted octanol–water partition coefficient (Wildman–Crippen LogP) is 2.10. The first-order chi connectivity index (χ1) is 9.88. The Hall–Kier alpha value is -1.16. The van der Waals surface area contributed by atoms with Gasteiger partial charge in [-0.05, 0) is 35.2 Å². The minimum Gasteiger partial charge on any atom is -0.356 e. The summed E-state index contributed by atoms with van der Waals surface area (Å²) in [7, 11) is 1.79. The van der Waals surface area contributed by atoms with E-state index < -0.39 is 0 Å². The Kier molecular flexibility index (Phi) is 8.99. The fraction of sp³-hybridized carbons (Fsp3) is 0.462. The summed E-state index contributed by atoms with van der Waals surface area (Å²) in [6, 6.07) is 2.12. The van der Waals surface area contributed by atoms with Crippen LogP contribution in [0.2, 0.25) is 0 Å². The lowest BCUT2D eigenvalue weighted by atomic mass is 10.3. The summed E-state index contributed by atoms with van der Waals surface area (Å²) in [5, 5.41) is 18.4. The van der Waals surface area contributed by atoms with Gasteiger partial charge in [0.1, 0.15) is 12.7 Å².